The van der Waals surface area contributed by atoms with Crippen molar-refractivity contribution in [3.05, 3.63) is 79.3 Å². The van der Waals surface area contributed by atoms with Gasteiger partial charge < -0.3 is 14.2 Å². The van der Waals surface area contributed by atoms with Gasteiger partial charge in [-0.15, -0.1) is 0 Å². The van der Waals surface area contributed by atoms with Gasteiger partial charge >= 0.3 is 17.8 Å². The highest BCUT2D eigenvalue weighted by atomic mass is 79.9. The number of nitrogens with one attached hydrogen (secondary N) is 1. The Bertz CT molecular complexity index is 1650. The molecule has 1 amide bonds. The Balaban J connectivity index is 2.05. The summed E-state index contributed by atoms with van der Waals surface area (Å²) in [5.41, 5.74) is -5.15. The van der Waals surface area contributed by atoms with Gasteiger partial charge in [0.1, 0.15) is 17.3 Å². The molecule has 0 aliphatic heterocycles. The van der Waals surface area contributed by atoms with Crippen LogP contribution in [0.5, 0.6) is 17.2 Å². The van der Waals surface area contributed by atoms with Crippen LogP contribution in [0.25, 0.3) is 5.69 Å². The van der Waals surface area contributed by atoms with Gasteiger partial charge in [0.2, 0.25) is 10.0 Å². The lowest BCUT2D eigenvalue weighted by atomic mass is 10.2. The molecule has 1 N–H and O–H groups in total. The van der Waals surface area contributed by atoms with E-state index in [1.54, 1.807) is 4.72 Å². The molecule has 3 aromatic rings. The van der Waals surface area contributed by atoms with Crippen molar-refractivity contribution in [3.63, 3.8) is 0 Å². The lowest BCUT2D eigenvalue weighted by Gasteiger charge is -2.19. The first-order chi connectivity index (χ1) is 18.0. The van der Waals surface area contributed by atoms with Gasteiger partial charge in [-0.3, -0.25) is 14.2 Å². The first-order valence-electron chi connectivity index (χ1n) is 10.4. The van der Waals surface area contributed by atoms with Crippen LogP contribution in [0.3, 0.4) is 0 Å². The summed E-state index contributed by atoms with van der Waals surface area (Å²) >= 11 is 3.07. The second-order valence-electron chi connectivity index (χ2n) is 7.75. The molecule has 11 nitrogen and oxygen atoms in total. The van der Waals surface area contributed by atoms with Crippen LogP contribution in [0.1, 0.15) is 5.69 Å². The van der Waals surface area contributed by atoms with Gasteiger partial charge in [-0.05, 0) is 34.1 Å². The van der Waals surface area contributed by atoms with Crippen LogP contribution in [-0.2, 0) is 32.8 Å². The molecule has 3 rings (SSSR count). The molecule has 0 aliphatic rings. The number of rotatable bonds is 8. The highest BCUT2D eigenvalue weighted by molar-refractivity contribution is 9.10. The zero-order valence-corrected chi connectivity index (χ0v) is 22.5. The summed E-state index contributed by atoms with van der Waals surface area (Å²) in [4.78, 5) is 37.3. The number of sulfonamides is 1. The van der Waals surface area contributed by atoms with Gasteiger partial charge in [0.05, 0.1) is 16.4 Å². The van der Waals surface area contributed by atoms with E-state index in [9.17, 15) is 40.4 Å². The van der Waals surface area contributed by atoms with Crippen molar-refractivity contribution in [2.24, 2.45) is 7.05 Å². The van der Waals surface area contributed by atoms with Crippen LogP contribution in [0, 0.1) is 5.82 Å². The lowest BCUT2D eigenvalue weighted by molar-refractivity contribution is -0.146. The van der Waals surface area contributed by atoms with Gasteiger partial charge in [-0.25, -0.2) is 26.9 Å². The molecule has 0 saturated heterocycles. The number of alkyl halides is 3. The van der Waals surface area contributed by atoms with Crippen LogP contribution >= 0.6 is 15.9 Å². The molecule has 1 heterocycles. The maximum Gasteiger partial charge on any atom is 0.431 e. The quantitative estimate of drug-likeness (QED) is 0.294. The molecule has 0 fully saturated rings. The zero-order chi connectivity index (χ0) is 29.3. The topological polar surface area (TPSA) is 135 Å². The second kappa shape index (κ2) is 11.2. The Morgan fingerprint density at radius 2 is 1.69 bits per heavy atom. The summed E-state index contributed by atoms with van der Waals surface area (Å²) in [6.07, 6.45) is -6.01. The number of ether oxygens (including phenoxy) is 3. The number of amides is 1. The van der Waals surface area contributed by atoms with Crippen molar-refractivity contribution in [2.75, 3.05) is 13.4 Å². The van der Waals surface area contributed by atoms with Gasteiger partial charge in [-0.1, -0.05) is 12.1 Å². The van der Waals surface area contributed by atoms with Crippen LogP contribution in [-0.4, -0.2) is 43.1 Å². The molecule has 0 unspecified atom stereocenters. The van der Waals surface area contributed by atoms with Crippen molar-refractivity contribution in [2.45, 2.75) is 12.5 Å². The number of methoxy groups -OCH3 is 1. The van der Waals surface area contributed by atoms with Gasteiger partial charge in [0.15, 0.2) is 11.5 Å². The highest BCUT2D eigenvalue weighted by Gasteiger charge is 2.35. The average molecular weight is 640 g/mol. The highest BCUT2D eigenvalue weighted by Crippen LogP contribution is 2.37. The smallest absolute Gasteiger partial charge is 0.431 e. The first-order valence-corrected chi connectivity index (χ1v) is 13.1. The molecule has 0 radical (unpaired) electrons. The SMILES string of the molecule is CO[C@@H](Oc1ccccc1Oc1cc(-n2c(=O)cc(C(F)(F)F)n(C)c2=O)c(F)cc1Br)C(=O)NS(C)(=O)=O. The van der Waals surface area contributed by atoms with Crippen molar-refractivity contribution in [3.8, 4) is 22.9 Å². The lowest BCUT2D eigenvalue weighted by Crippen LogP contribution is -2.42. The Morgan fingerprint density at radius 3 is 2.26 bits per heavy atom. The van der Waals surface area contributed by atoms with E-state index in [0.717, 1.165) is 32.5 Å². The summed E-state index contributed by atoms with van der Waals surface area (Å²) in [5.74, 6) is -2.77. The molecule has 0 spiro atoms. The van der Waals surface area contributed by atoms with E-state index in [4.69, 9.17) is 14.2 Å². The van der Waals surface area contributed by atoms with E-state index in [2.05, 4.69) is 15.9 Å². The second-order valence-corrected chi connectivity index (χ2v) is 10.4. The average Bonchev–Trinajstić information content (AvgIpc) is 2.81. The van der Waals surface area contributed by atoms with Crippen molar-refractivity contribution >= 4 is 31.9 Å². The maximum absolute atomic E-state index is 14.9. The van der Waals surface area contributed by atoms with Gasteiger partial charge in [0.25, 0.3) is 11.8 Å². The maximum atomic E-state index is 14.9. The standard InChI is InChI=1S/C22H18BrF4N3O8S/c1-29-17(22(25,26)27)10-18(31)30(21(29)33)13-9-16(11(23)8-12(13)24)37-14-6-4-5-7-15(14)38-20(36-2)19(32)28-39(3,34)35/h4-10,20H,1-3H3,(H,28,32)/t20-/m0/s1. The van der Waals surface area contributed by atoms with Gasteiger partial charge in [0, 0.05) is 26.3 Å². The predicted molar refractivity (Wildman–Crippen MR) is 131 cm³/mol. The molecule has 1 aromatic heterocycles. The number of carbonyl (C=O) groups is 1. The minimum atomic E-state index is -5.01. The number of benzene rings is 2. The summed E-state index contributed by atoms with van der Waals surface area (Å²) in [6.45, 7) is 0. The summed E-state index contributed by atoms with van der Waals surface area (Å²) in [6, 6.07) is 7.47. The number of halogens is 5. The minimum Gasteiger partial charge on any atom is -0.452 e. The molecular weight excluding hydrogens is 622 g/mol. The molecule has 0 aliphatic carbocycles. The molecule has 17 heteroatoms. The normalized spacial score (nSPS) is 12.6. The van der Waals surface area contributed by atoms with Crippen molar-refractivity contribution in [1.82, 2.24) is 13.9 Å². The van der Waals surface area contributed by atoms with Crippen LogP contribution < -0.4 is 25.4 Å². The Labute approximate surface area is 225 Å². The van der Waals surface area contributed by atoms with Crippen LogP contribution in [0.4, 0.5) is 17.6 Å². The molecule has 0 saturated carbocycles. The Kier molecular flexibility index (Phi) is 8.56. The molecule has 1 atom stereocenters. The van der Waals surface area contributed by atoms with E-state index >= 15 is 0 Å². The van der Waals surface area contributed by atoms with E-state index in [1.807, 2.05) is 0 Å². The Morgan fingerprint density at radius 1 is 1.08 bits per heavy atom. The molecule has 2 aromatic carbocycles. The molecule has 210 valence electrons. The van der Waals surface area contributed by atoms with Crippen LogP contribution in [0.15, 0.2) is 56.5 Å². The summed E-state index contributed by atoms with van der Waals surface area (Å²) < 4.78 is 95.2. The molecule has 0 bridgehead atoms. The largest absolute Gasteiger partial charge is 0.452 e. The fourth-order valence-corrected chi connectivity index (χ4v) is 4.05. The molecular formula is C22H18BrF4N3O8S. The third-order valence-electron chi connectivity index (χ3n) is 4.87. The number of para-hydroxylation sites is 2. The van der Waals surface area contributed by atoms with E-state index < -0.39 is 56.8 Å². The number of hydrogen-bond donors (Lipinski definition) is 1. The monoisotopic (exact) mass is 639 g/mol. The summed E-state index contributed by atoms with van der Waals surface area (Å²) in [5, 5.41) is 0. The van der Waals surface area contributed by atoms with E-state index in [0.29, 0.717) is 0 Å². The number of aromatic nitrogens is 2. The third kappa shape index (κ3) is 6.85. The minimum absolute atomic E-state index is 0.0338. The molecule has 39 heavy (non-hydrogen) atoms. The van der Waals surface area contributed by atoms with Gasteiger partial charge in [-0.2, -0.15) is 13.2 Å². The number of hydrogen-bond acceptors (Lipinski definition) is 8. The number of carbonyl (C=O) groups excluding carboxylic acids is 1. The van der Waals surface area contributed by atoms with Crippen molar-refractivity contribution < 1.29 is 45.0 Å². The van der Waals surface area contributed by atoms with Crippen molar-refractivity contribution in [1.29, 1.82) is 0 Å². The van der Waals surface area contributed by atoms with E-state index in [1.165, 1.54) is 24.3 Å². The Hall–Kier alpha value is -3.70. The fraction of sp³-hybridized carbons (Fsp3) is 0.227. The first kappa shape index (κ1) is 29.9. The zero-order valence-electron chi connectivity index (χ0n) is 20.1. The number of nitrogens with zero attached hydrogens (tertiary/aromatic N) is 2. The van der Waals surface area contributed by atoms with E-state index in [-0.39, 0.29) is 36.9 Å². The summed E-state index contributed by atoms with van der Waals surface area (Å²) in [7, 11) is -2.10. The predicted octanol–water partition coefficient (Wildman–Crippen LogP) is 2.68. The fourth-order valence-electron chi connectivity index (χ4n) is 3.19. The van der Waals surface area contributed by atoms with Crippen LogP contribution in [0.2, 0.25) is 0 Å². The third-order valence-corrected chi connectivity index (χ3v) is 6.06.